The number of fused-ring (bicyclic) bond motifs is 1. The van der Waals surface area contributed by atoms with Gasteiger partial charge in [-0.1, -0.05) is 0 Å². The van der Waals surface area contributed by atoms with Gasteiger partial charge in [-0.3, -0.25) is 0 Å². The summed E-state index contributed by atoms with van der Waals surface area (Å²) in [5, 5.41) is 10.2. The minimum atomic E-state index is -0.710. The zero-order valence-corrected chi connectivity index (χ0v) is 10.6. The second kappa shape index (κ2) is 4.41. The van der Waals surface area contributed by atoms with Crippen LogP contribution in [0.4, 0.5) is 5.82 Å². The summed E-state index contributed by atoms with van der Waals surface area (Å²) in [6.07, 6.45) is 1.34. The third-order valence-electron chi connectivity index (χ3n) is 3.40. The molecular formula is C11H15N5O3. The van der Waals surface area contributed by atoms with Gasteiger partial charge < -0.3 is 24.9 Å². The Kier molecular flexibility index (Phi) is 2.85. The number of nitrogens with two attached hydrogens (primary N) is 1. The van der Waals surface area contributed by atoms with E-state index < -0.39 is 18.4 Å². The Labute approximate surface area is 109 Å². The molecule has 8 nitrogen and oxygen atoms in total. The first-order valence-corrected chi connectivity index (χ1v) is 5.93. The van der Waals surface area contributed by atoms with Crippen molar-refractivity contribution < 1.29 is 14.6 Å². The molecule has 0 saturated carbocycles. The van der Waals surface area contributed by atoms with Crippen LogP contribution in [0.2, 0.25) is 0 Å². The average Bonchev–Trinajstić information content (AvgIpc) is 2.93. The number of hydrogen-bond acceptors (Lipinski definition) is 7. The molecule has 3 N–H and O–H groups in total. The molecule has 0 unspecified atom stereocenters. The molecule has 0 aromatic carbocycles. The average molecular weight is 265 g/mol. The molecule has 102 valence electrons. The van der Waals surface area contributed by atoms with Crippen LogP contribution in [-0.2, 0) is 9.47 Å². The van der Waals surface area contributed by atoms with Gasteiger partial charge in [0.2, 0.25) is 0 Å². The SMILES string of the molecule is CO[C@H]1O[C@H](C)[C@@H](O)[C@@H]1n1cnc2c(N)ncnc21. The van der Waals surface area contributed by atoms with E-state index in [-0.39, 0.29) is 6.10 Å². The number of aliphatic hydroxyl groups is 1. The van der Waals surface area contributed by atoms with Crippen LogP contribution in [0.3, 0.4) is 0 Å². The van der Waals surface area contributed by atoms with E-state index in [9.17, 15) is 5.11 Å². The first-order chi connectivity index (χ1) is 9.13. The van der Waals surface area contributed by atoms with E-state index in [2.05, 4.69) is 15.0 Å². The Hall–Kier alpha value is -1.77. The maximum atomic E-state index is 10.2. The van der Waals surface area contributed by atoms with Crippen molar-refractivity contribution in [3.63, 3.8) is 0 Å². The van der Waals surface area contributed by atoms with Crippen molar-refractivity contribution in [3.8, 4) is 0 Å². The maximum absolute atomic E-state index is 10.2. The summed E-state index contributed by atoms with van der Waals surface area (Å²) in [7, 11) is 1.53. The number of methoxy groups -OCH3 is 1. The minimum Gasteiger partial charge on any atom is -0.388 e. The number of nitrogen functional groups attached to an aromatic ring is 1. The molecule has 3 heterocycles. The first-order valence-electron chi connectivity index (χ1n) is 5.93. The number of aliphatic hydroxyl groups excluding tert-OH is 1. The zero-order chi connectivity index (χ0) is 13.6. The Morgan fingerprint density at radius 2 is 2.21 bits per heavy atom. The van der Waals surface area contributed by atoms with E-state index in [0.717, 1.165) is 0 Å². The Bertz CT molecular complexity index is 601. The molecule has 0 aliphatic carbocycles. The van der Waals surface area contributed by atoms with Gasteiger partial charge in [0.15, 0.2) is 17.8 Å². The molecule has 2 aromatic rings. The molecule has 1 aliphatic rings. The van der Waals surface area contributed by atoms with Gasteiger partial charge in [0, 0.05) is 7.11 Å². The molecular weight excluding hydrogens is 250 g/mol. The van der Waals surface area contributed by atoms with Crippen molar-refractivity contribution >= 4 is 17.0 Å². The third-order valence-corrected chi connectivity index (χ3v) is 3.40. The van der Waals surface area contributed by atoms with Crippen LogP contribution < -0.4 is 5.73 Å². The molecule has 0 bridgehead atoms. The minimum absolute atomic E-state index is 0.305. The highest BCUT2D eigenvalue weighted by molar-refractivity contribution is 5.81. The fraction of sp³-hybridized carbons (Fsp3) is 0.545. The summed E-state index contributed by atoms with van der Waals surface area (Å²) in [4.78, 5) is 12.2. The van der Waals surface area contributed by atoms with E-state index in [1.54, 1.807) is 17.8 Å². The Morgan fingerprint density at radius 1 is 1.42 bits per heavy atom. The Balaban J connectivity index is 2.11. The summed E-state index contributed by atoms with van der Waals surface area (Å²) >= 11 is 0. The molecule has 1 fully saturated rings. The number of imidazole rings is 1. The van der Waals surface area contributed by atoms with Crippen LogP contribution in [-0.4, -0.2) is 50.2 Å². The largest absolute Gasteiger partial charge is 0.388 e. The molecule has 3 rings (SSSR count). The lowest BCUT2D eigenvalue weighted by Gasteiger charge is -2.20. The van der Waals surface area contributed by atoms with Gasteiger partial charge in [-0.25, -0.2) is 15.0 Å². The highest BCUT2D eigenvalue weighted by Gasteiger charge is 2.43. The van der Waals surface area contributed by atoms with Crippen molar-refractivity contribution in [3.05, 3.63) is 12.7 Å². The number of anilines is 1. The van der Waals surface area contributed by atoms with Gasteiger partial charge in [0.1, 0.15) is 24.0 Å². The summed E-state index contributed by atoms with van der Waals surface area (Å²) < 4.78 is 12.5. The number of nitrogens with zero attached hydrogens (tertiary/aromatic N) is 4. The van der Waals surface area contributed by atoms with E-state index in [1.165, 1.54) is 13.4 Å². The third kappa shape index (κ3) is 1.76. The summed E-state index contributed by atoms with van der Waals surface area (Å²) in [5.74, 6) is 0.305. The van der Waals surface area contributed by atoms with Gasteiger partial charge in [-0.15, -0.1) is 0 Å². The number of rotatable bonds is 2. The number of ether oxygens (including phenoxy) is 2. The molecule has 2 aromatic heterocycles. The Morgan fingerprint density at radius 3 is 2.95 bits per heavy atom. The van der Waals surface area contributed by atoms with Gasteiger partial charge in [-0.05, 0) is 6.92 Å². The number of hydrogen-bond donors (Lipinski definition) is 2. The maximum Gasteiger partial charge on any atom is 0.180 e. The van der Waals surface area contributed by atoms with Crippen molar-refractivity contribution in [1.29, 1.82) is 0 Å². The molecule has 4 atom stereocenters. The molecule has 0 spiro atoms. The fourth-order valence-electron chi connectivity index (χ4n) is 2.39. The van der Waals surface area contributed by atoms with Crippen molar-refractivity contribution in [1.82, 2.24) is 19.5 Å². The van der Waals surface area contributed by atoms with Crippen molar-refractivity contribution in [2.45, 2.75) is 31.5 Å². The zero-order valence-electron chi connectivity index (χ0n) is 10.6. The van der Waals surface area contributed by atoms with Gasteiger partial charge in [-0.2, -0.15) is 0 Å². The van der Waals surface area contributed by atoms with Crippen LogP contribution >= 0.6 is 0 Å². The molecule has 1 aliphatic heterocycles. The number of aromatic nitrogens is 4. The topological polar surface area (TPSA) is 108 Å². The van der Waals surface area contributed by atoms with E-state index >= 15 is 0 Å². The quantitative estimate of drug-likeness (QED) is 0.767. The second-order valence-corrected chi connectivity index (χ2v) is 4.51. The van der Waals surface area contributed by atoms with E-state index in [4.69, 9.17) is 15.2 Å². The van der Waals surface area contributed by atoms with Crippen LogP contribution in [0.15, 0.2) is 12.7 Å². The summed E-state index contributed by atoms with van der Waals surface area (Å²) in [6.45, 7) is 1.79. The van der Waals surface area contributed by atoms with Gasteiger partial charge >= 0.3 is 0 Å². The first kappa shape index (κ1) is 12.3. The second-order valence-electron chi connectivity index (χ2n) is 4.51. The normalized spacial score (nSPS) is 31.1. The fourth-order valence-corrected chi connectivity index (χ4v) is 2.39. The van der Waals surface area contributed by atoms with Crippen LogP contribution in [0, 0.1) is 0 Å². The smallest absolute Gasteiger partial charge is 0.180 e. The molecule has 0 amide bonds. The van der Waals surface area contributed by atoms with Crippen molar-refractivity contribution in [2.75, 3.05) is 12.8 Å². The standard InChI is InChI=1S/C11H15N5O3/c1-5-8(17)7(11(18-2)19-5)16-4-15-6-9(12)13-3-14-10(6)16/h3-5,7-8,11,17H,1-2H3,(H2,12,13,14)/t5-,7+,8-,11+/m1/s1. The van der Waals surface area contributed by atoms with Crippen LogP contribution in [0.5, 0.6) is 0 Å². The van der Waals surface area contributed by atoms with Gasteiger partial charge in [0.05, 0.1) is 12.4 Å². The lowest BCUT2D eigenvalue weighted by atomic mass is 10.1. The van der Waals surface area contributed by atoms with E-state index in [0.29, 0.717) is 17.0 Å². The van der Waals surface area contributed by atoms with Crippen LogP contribution in [0.25, 0.3) is 11.2 Å². The molecule has 19 heavy (non-hydrogen) atoms. The van der Waals surface area contributed by atoms with Crippen molar-refractivity contribution in [2.24, 2.45) is 0 Å². The molecule has 8 heteroatoms. The molecule has 1 saturated heterocycles. The lowest BCUT2D eigenvalue weighted by Crippen LogP contribution is -2.30. The predicted octanol–water partition coefficient (Wildman–Crippen LogP) is -0.298. The summed E-state index contributed by atoms with van der Waals surface area (Å²) in [5.41, 5.74) is 6.80. The monoisotopic (exact) mass is 265 g/mol. The van der Waals surface area contributed by atoms with Crippen LogP contribution in [0.1, 0.15) is 13.0 Å². The predicted molar refractivity (Wildman–Crippen MR) is 66.1 cm³/mol. The lowest BCUT2D eigenvalue weighted by molar-refractivity contribution is -0.124. The van der Waals surface area contributed by atoms with E-state index in [1.807, 2.05) is 0 Å². The van der Waals surface area contributed by atoms with Gasteiger partial charge in [0.25, 0.3) is 0 Å². The highest BCUT2D eigenvalue weighted by Crippen LogP contribution is 2.33. The highest BCUT2D eigenvalue weighted by atomic mass is 16.7. The summed E-state index contributed by atoms with van der Waals surface area (Å²) in [6, 6.07) is -0.417. The molecule has 0 radical (unpaired) electrons.